The van der Waals surface area contributed by atoms with E-state index in [9.17, 15) is 4.79 Å². The number of aryl methyl sites for hydroxylation is 2. The third-order valence-electron chi connectivity index (χ3n) is 3.97. The van der Waals surface area contributed by atoms with Crippen molar-refractivity contribution in [2.24, 2.45) is 0 Å². The van der Waals surface area contributed by atoms with Crippen molar-refractivity contribution in [2.45, 2.75) is 26.8 Å². The molecule has 0 saturated heterocycles. The number of para-hydroxylation sites is 1. The third-order valence-corrected chi connectivity index (χ3v) is 3.97. The number of carbonyl (C=O) groups excluding carboxylic acids is 1. The van der Waals surface area contributed by atoms with Gasteiger partial charge in [-0.1, -0.05) is 25.1 Å². The van der Waals surface area contributed by atoms with Gasteiger partial charge >= 0.3 is 0 Å². The van der Waals surface area contributed by atoms with Gasteiger partial charge in [-0.2, -0.15) is 5.10 Å². The molecular formula is C18H20N4O. The number of rotatable bonds is 4. The Morgan fingerprint density at radius 3 is 2.91 bits per heavy atom. The van der Waals surface area contributed by atoms with Crippen molar-refractivity contribution in [2.75, 3.05) is 11.1 Å². The highest BCUT2D eigenvalue weighted by Crippen LogP contribution is 2.21. The van der Waals surface area contributed by atoms with Crippen LogP contribution in [-0.4, -0.2) is 15.7 Å². The normalized spacial score (nSPS) is 10.9. The first kappa shape index (κ1) is 15.1. The highest BCUT2D eigenvalue weighted by molar-refractivity contribution is 5.93. The van der Waals surface area contributed by atoms with Crippen molar-refractivity contribution in [3.8, 4) is 0 Å². The van der Waals surface area contributed by atoms with E-state index in [4.69, 9.17) is 5.73 Å². The van der Waals surface area contributed by atoms with E-state index in [0.29, 0.717) is 5.69 Å². The Morgan fingerprint density at radius 2 is 2.13 bits per heavy atom. The zero-order valence-corrected chi connectivity index (χ0v) is 13.3. The molecule has 0 fully saturated rings. The second-order valence-corrected chi connectivity index (χ2v) is 5.63. The van der Waals surface area contributed by atoms with Gasteiger partial charge in [0.25, 0.3) is 0 Å². The van der Waals surface area contributed by atoms with E-state index in [2.05, 4.69) is 17.3 Å². The van der Waals surface area contributed by atoms with Crippen LogP contribution in [0.2, 0.25) is 0 Å². The molecule has 0 radical (unpaired) electrons. The molecular weight excluding hydrogens is 288 g/mol. The zero-order valence-electron chi connectivity index (χ0n) is 13.3. The van der Waals surface area contributed by atoms with E-state index >= 15 is 0 Å². The summed E-state index contributed by atoms with van der Waals surface area (Å²) in [6.45, 7) is 4.23. The SMILES string of the molecule is CCc1cccc(C)c1NC(=O)Cn1ncc2ccc(N)cc21. The lowest BCUT2D eigenvalue weighted by Crippen LogP contribution is -2.20. The predicted octanol–water partition coefficient (Wildman–Crippen LogP) is 3.13. The summed E-state index contributed by atoms with van der Waals surface area (Å²) in [4.78, 5) is 12.4. The molecule has 2 aromatic carbocycles. The molecule has 0 aliphatic carbocycles. The highest BCUT2D eigenvalue weighted by Gasteiger charge is 2.11. The number of amides is 1. The van der Waals surface area contributed by atoms with Crippen molar-refractivity contribution in [3.05, 3.63) is 53.7 Å². The summed E-state index contributed by atoms with van der Waals surface area (Å²) in [6, 6.07) is 11.6. The number of nitrogens with one attached hydrogen (secondary N) is 1. The minimum Gasteiger partial charge on any atom is -0.399 e. The Hall–Kier alpha value is -2.82. The summed E-state index contributed by atoms with van der Waals surface area (Å²) in [6.07, 6.45) is 2.62. The van der Waals surface area contributed by atoms with Gasteiger partial charge < -0.3 is 11.1 Å². The van der Waals surface area contributed by atoms with E-state index in [1.807, 2.05) is 43.3 Å². The molecule has 3 N–H and O–H groups in total. The fourth-order valence-corrected chi connectivity index (χ4v) is 2.73. The Labute approximate surface area is 135 Å². The molecule has 0 saturated carbocycles. The molecule has 5 heteroatoms. The molecule has 0 spiro atoms. The average molecular weight is 308 g/mol. The number of nitrogen functional groups attached to an aromatic ring is 1. The number of hydrogen-bond acceptors (Lipinski definition) is 3. The second kappa shape index (κ2) is 6.12. The van der Waals surface area contributed by atoms with Crippen LogP contribution in [0.1, 0.15) is 18.1 Å². The number of nitrogens with zero attached hydrogens (tertiary/aromatic N) is 2. The first-order chi connectivity index (χ1) is 11.1. The van der Waals surface area contributed by atoms with Crippen LogP contribution in [0.25, 0.3) is 10.9 Å². The molecule has 0 atom stereocenters. The smallest absolute Gasteiger partial charge is 0.246 e. The minimum absolute atomic E-state index is 0.0959. The molecule has 0 bridgehead atoms. The molecule has 1 amide bonds. The van der Waals surface area contributed by atoms with Gasteiger partial charge in [0.2, 0.25) is 5.91 Å². The predicted molar refractivity (Wildman–Crippen MR) is 93.3 cm³/mol. The molecule has 0 aliphatic heterocycles. The Balaban J connectivity index is 1.83. The summed E-state index contributed by atoms with van der Waals surface area (Å²) in [5.74, 6) is -0.0959. The number of aromatic nitrogens is 2. The van der Waals surface area contributed by atoms with E-state index < -0.39 is 0 Å². The van der Waals surface area contributed by atoms with Crippen LogP contribution >= 0.6 is 0 Å². The number of nitrogens with two attached hydrogens (primary N) is 1. The fraction of sp³-hybridized carbons (Fsp3) is 0.222. The van der Waals surface area contributed by atoms with Gasteiger partial charge in [0.15, 0.2) is 0 Å². The van der Waals surface area contributed by atoms with Crippen molar-refractivity contribution < 1.29 is 4.79 Å². The average Bonchev–Trinajstić information content (AvgIpc) is 2.91. The van der Waals surface area contributed by atoms with E-state index in [1.165, 1.54) is 0 Å². The lowest BCUT2D eigenvalue weighted by Gasteiger charge is -2.13. The van der Waals surface area contributed by atoms with Crippen LogP contribution in [-0.2, 0) is 17.8 Å². The number of fused-ring (bicyclic) bond motifs is 1. The lowest BCUT2D eigenvalue weighted by atomic mass is 10.1. The van der Waals surface area contributed by atoms with Gasteiger partial charge in [-0.05, 0) is 42.7 Å². The monoisotopic (exact) mass is 308 g/mol. The van der Waals surface area contributed by atoms with Crippen LogP contribution in [0.5, 0.6) is 0 Å². The Morgan fingerprint density at radius 1 is 1.30 bits per heavy atom. The molecule has 5 nitrogen and oxygen atoms in total. The molecule has 3 rings (SSSR count). The Kier molecular flexibility index (Phi) is 4.02. The number of hydrogen-bond donors (Lipinski definition) is 2. The molecule has 3 aromatic rings. The zero-order chi connectivity index (χ0) is 16.4. The van der Waals surface area contributed by atoms with Gasteiger partial charge in [0.1, 0.15) is 6.54 Å². The van der Waals surface area contributed by atoms with Crippen molar-refractivity contribution >= 4 is 28.2 Å². The lowest BCUT2D eigenvalue weighted by molar-refractivity contribution is -0.116. The van der Waals surface area contributed by atoms with E-state index in [0.717, 1.165) is 34.1 Å². The van der Waals surface area contributed by atoms with Crippen LogP contribution in [0.4, 0.5) is 11.4 Å². The number of anilines is 2. The first-order valence-corrected chi connectivity index (χ1v) is 7.68. The third kappa shape index (κ3) is 3.04. The van der Waals surface area contributed by atoms with Crippen molar-refractivity contribution in [1.29, 1.82) is 0 Å². The molecule has 23 heavy (non-hydrogen) atoms. The summed E-state index contributed by atoms with van der Waals surface area (Å²) in [7, 11) is 0. The molecule has 0 aliphatic rings. The maximum Gasteiger partial charge on any atom is 0.246 e. The van der Waals surface area contributed by atoms with Gasteiger partial charge in [-0.25, -0.2) is 0 Å². The Bertz CT molecular complexity index is 867. The van der Waals surface area contributed by atoms with Crippen LogP contribution in [0.15, 0.2) is 42.6 Å². The second-order valence-electron chi connectivity index (χ2n) is 5.63. The molecule has 0 unspecified atom stereocenters. The number of benzene rings is 2. The summed E-state index contributed by atoms with van der Waals surface area (Å²) in [5.41, 5.74) is 10.4. The minimum atomic E-state index is -0.0959. The van der Waals surface area contributed by atoms with Crippen LogP contribution in [0, 0.1) is 6.92 Å². The van der Waals surface area contributed by atoms with Crippen molar-refractivity contribution in [3.63, 3.8) is 0 Å². The summed E-state index contributed by atoms with van der Waals surface area (Å²) < 4.78 is 1.67. The largest absolute Gasteiger partial charge is 0.399 e. The summed E-state index contributed by atoms with van der Waals surface area (Å²) >= 11 is 0. The topological polar surface area (TPSA) is 72.9 Å². The van der Waals surface area contributed by atoms with Crippen LogP contribution < -0.4 is 11.1 Å². The maximum absolute atomic E-state index is 12.4. The van der Waals surface area contributed by atoms with E-state index in [-0.39, 0.29) is 12.5 Å². The van der Waals surface area contributed by atoms with Crippen molar-refractivity contribution in [1.82, 2.24) is 9.78 Å². The van der Waals surface area contributed by atoms with Gasteiger partial charge in [-0.15, -0.1) is 0 Å². The highest BCUT2D eigenvalue weighted by atomic mass is 16.2. The maximum atomic E-state index is 12.4. The first-order valence-electron chi connectivity index (χ1n) is 7.68. The molecule has 1 heterocycles. The van der Waals surface area contributed by atoms with Gasteiger partial charge in [0.05, 0.1) is 11.7 Å². The standard InChI is InChI=1S/C18H20N4O/c1-3-13-6-4-5-12(2)18(13)21-17(23)11-22-16-9-15(19)8-7-14(16)10-20-22/h4-10H,3,11,19H2,1-2H3,(H,21,23). The summed E-state index contributed by atoms with van der Waals surface area (Å²) in [5, 5.41) is 8.27. The quantitative estimate of drug-likeness (QED) is 0.727. The molecule has 118 valence electrons. The van der Waals surface area contributed by atoms with Gasteiger partial charge in [0, 0.05) is 16.8 Å². The van der Waals surface area contributed by atoms with Gasteiger partial charge in [-0.3, -0.25) is 9.48 Å². The van der Waals surface area contributed by atoms with E-state index in [1.54, 1.807) is 10.9 Å². The van der Waals surface area contributed by atoms with Crippen LogP contribution in [0.3, 0.4) is 0 Å². The fourth-order valence-electron chi connectivity index (χ4n) is 2.73. The molecule has 1 aromatic heterocycles. The number of carbonyl (C=O) groups is 1.